The van der Waals surface area contributed by atoms with Gasteiger partial charge in [-0.2, -0.15) is 0 Å². The van der Waals surface area contributed by atoms with Crippen molar-refractivity contribution in [2.45, 2.75) is 33.7 Å². The van der Waals surface area contributed by atoms with E-state index in [9.17, 15) is 0 Å². The zero-order chi connectivity index (χ0) is 9.14. The fourth-order valence-electron chi connectivity index (χ4n) is 0.938. The summed E-state index contributed by atoms with van der Waals surface area (Å²) in [4.78, 5) is 4.33. The number of rotatable bonds is 2. The Hall–Kier alpha value is -0.790. The molecule has 0 bridgehead atoms. The second-order valence-electron chi connectivity index (χ2n) is 3.67. The minimum Gasteiger partial charge on any atom is -0.476 e. The molecule has 68 valence electrons. The zero-order valence-corrected chi connectivity index (χ0v) is 8.29. The van der Waals surface area contributed by atoms with Crippen LogP contribution in [-0.2, 0) is 4.74 Å². The Bertz CT molecular complexity index is 216. The van der Waals surface area contributed by atoms with Crippen molar-refractivity contribution in [3.63, 3.8) is 0 Å². The molecule has 1 aliphatic rings. The first kappa shape index (κ1) is 9.30. The number of nitrogens with zero attached hydrogens (tertiary/aromatic N) is 1. The summed E-state index contributed by atoms with van der Waals surface area (Å²) >= 11 is 0. The number of allylic oxidation sites excluding steroid dienone is 1. The Labute approximate surface area is 74.3 Å². The Morgan fingerprint density at radius 1 is 1.67 bits per heavy atom. The summed E-state index contributed by atoms with van der Waals surface area (Å²) in [6.45, 7) is 9.25. The number of hydrogen-bond acceptors (Lipinski definition) is 2. The first-order valence-corrected chi connectivity index (χ1v) is 4.48. The maximum Gasteiger partial charge on any atom is 0.208 e. The first-order chi connectivity index (χ1) is 5.59. The summed E-state index contributed by atoms with van der Waals surface area (Å²) in [6, 6.07) is 0.330. The molecule has 0 aliphatic carbocycles. The highest BCUT2D eigenvalue weighted by atomic mass is 16.5. The molecule has 0 saturated heterocycles. The van der Waals surface area contributed by atoms with E-state index in [2.05, 4.69) is 32.7 Å². The van der Waals surface area contributed by atoms with Gasteiger partial charge < -0.3 is 4.74 Å². The van der Waals surface area contributed by atoms with Crippen molar-refractivity contribution in [1.82, 2.24) is 0 Å². The van der Waals surface area contributed by atoms with Crippen LogP contribution in [0.25, 0.3) is 0 Å². The van der Waals surface area contributed by atoms with Crippen LogP contribution in [0.4, 0.5) is 0 Å². The molecule has 2 nitrogen and oxygen atoms in total. The van der Waals surface area contributed by atoms with Gasteiger partial charge in [0.2, 0.25) is 5.90 Å². The van der Waals surface area contributed by atoms with E-state index in [1.54, 1.807) is 0 Å². The second kappa shape index (κ2) is 3.74. The highest BCUT2D eigenvalue weighted by molar-refractivity contribution is 5.89. The molecule has 0 aromatic rings. The molecule has 0 N–H and O–H groups in total. The van der Waals surface area contributed by atoms with Crippen molar-refractivity contribution >= 4 is 5.90 Å². The summed E-state index contributed by atoms with van der Waals surface area (Å²) in [5, 5.41) is 0. The number of hydrogen-bond donors (Lipinski definition) is 0. The number of ether oxygens (including phenoxy) is 1. The van der Waals surface area contributed by atoms with E-state index in [0.717, 1.165) is 12.5 Å². The van der Waals surface area contributed by atoms with Crippen molar-refractivity contribution < 1.29 is 4.74 Å². The topological polar surface area (TPSA) is 21.6 Å². The van der Waals surface area contributed by atoms with Crippen LogP contribution in [0, 0.1) is 5.92 Å². The van der Waals surface area contributed by atoms with Crippen LogP contribution in [0.15, 0.2) is 16.6 Å². The third-order valence-electron chi connectivity index (χ3n) is 2.08. The van der Waals surface area contributed by atoms with Gasteiger partial charge in [0.15, 0.2) is 0 Å². The lowest BCUT2D eigenvalue weighted by Gasteiger charge is -2.03. The van der Waals surface area contributed by atoms with E-state index in [1.165, 1.54) is 5.57 Å². The van der Waals surface area contributed by atoms with Gasteiger partial charge in [-0.1, -0.05) is 19.4 Å². The van der Waals surface area contributed by atoms with Crippen molar-refractivity contribution in [3.8, 4) is 0 Å². The largest absolute Gasteiger partial charge is 0.476 e. The lowest BCUT2D eigenvalue weighted by molar-refractivity contribution is 0.325. The molecule has 0 spiro atoms. The van der Waals surface area contributed by atoms with Gasteiger partial charge in [-0.25, -0.2) is 4.99 Å². The number of aliphatic imine (C=N–C) groups is 1. The van der Waals surface area contributed by atoms with E-state index < -0.39 is 0 Å². The summed E-state index contributed by atoms with van der Waals surface area (Å²) in [5.41, 5.74) is 1.32. The van der Waals surface area contributed by atoms with Crippen LogP contribution in [0.2, 0.25) is 0 Å². The highest BCUT2D eigenvalue weighted by Gasteiger charge is 2.12. The molecule has 1 atom stereocenters. The molecule has 0 fully saturated rings. The van der Waals surface area contributed by atoms with Crippen LogP contribution in [0.3, 0.4) is 0 Å². The lowest BCUT2D eigenvalue weighted by atomic mass is 10.1. The summed E-state index contributed by atoms with van der Waals surface area (Å²) in [5.74, 6) is 1.38. The minimum absolute atomic E-state index is 0.330. The Balaban J connectivity index is 2.61. The molecular weight excluding hydrogens is 150 g/mol. The molecule has 1 rings (SSSR count). The average Bonchev–Trinajstić information content (AvgIpc) is 2.35. The van der Waals surface area contributed by atoms with Crippen molar-refractivity contribution in [2.24, 2.45) is 10.9 Å². The second-order valence-corrected chi connectivity index (χ2v) is 3.67. The van der Waals surface area contributed by atoms with Gasteiger partial charge in [0.05, 0.1) is 6.04 Å². The molecule has 1 heterocycles. The first-order valence-electron chi connectivity index (χ1n) is 4.48. The standard InChI is InChI=1S/C10H17NO/c1-7(2)8(3)5-10-11-9(4)6-12-10/h5,7,9H,6H2,1-4H3. The molecular formula is C10H17NO. The minimum atomic E-state index is 0.330. The molecule has 1 unspecified atom stereocenters. The summed E-state index contributed by atoms with van der Waals surface area (Å²) < 4.78 is 5.36. The van der Waals surface area contributed by atoms with Gasteiger partial charge in [0.25, 0.3) is 0 Å². The van der Waals surface area contributed by atoms with Crippen LogP contribution in [0.5, 0.6) is 0 Å². The van der Waals surface area contributed by atoms with E-state index in [0.29, 0.717) is 12.0 Å². The molecule has 1 aliphatic heterocycles. The van der Waals surface area contributed by atoms with Gasteiger partial charge >= 0.3 is 0 Å². The molecule has 0 aromatic heterocycles. The predicted molar refractivity (Wildman–Crippen MR) is 51.4 cm³/mol. The Kier molecular flexibility index (Phi) is 2.90. The van der Waals surface area contributed by atoms with Crippen molar-refractivity contribution in [3.05, 3.63) is 11.6 Å². The summed E-state index contributed by atoms with van der Waals surface area (Å²) in [7, 11) is 0. The highest BCUT2D eigenvalue weighted by Crippen LogP contribution is 2.11. The normalized spacial score (nSPS) is 24.2. The van der Waals surface area contributed by atoms with E-state index >= 15 is 0 Å². The molecule has 0 amide bonds. The quantitative estimate of drug-likeness (QED) is 0.619. The van der Waals surface area contributed by atoms with Gasteiger partial charge in [-0.05, 0) is 25.8 Å². The van der Waals surface area contributed by atoms with Gasteiger partial charge in [0.1, 0.15) is 6.61 Å². The van der Waals surface area contributed by atoms with Crippen molar-refractivity contribution in [2.75, 3.05) is 6.61 Å². The van der Waals surface area contributed by atoms with Crippen LogP contribution < -0.4 is 0 Å². The fourth-order valence-corrected chi connectivity index (χ4v) is 0.938. The molecule has 12 heavy (non-hydrogen) atoms. The molecule has 0 saturated carbocycles. The molecule has 0 aromatic carbocycles. The van der Waals surface area contributed by atoms with Crippen LogP contribution >= 0.6 is 0 Å². The van der Waals surface area contributed by atoms with Crippen LogP contribution in [0.1, 0.15) is 27.7 Å². The molecule has 2 heteroatoms. The monoisotopic (exact) mass is 167 g/mol. The van der Waals surface area contributed by atoms with Gasteiger partial charge in [-0.15, -0.1) is 0 Å². The third-order valence-corrected chi connectivity index (χ3v) is 2.08. The Morgan fingerprint density at radius 2 is 2.33 bits per heavy atom. The van der Waals surface area contributed by atoms with E-state index in [1.807, 2.05) is 6.08 Å². The maximum absolute atomic E-state index is 5.36. The lowest BCUT2D eigenvalue weighted by Crippen LogP contribution is -2.00. The van der Waals surface area contributed by atoms with E-state index in [4.69, 9.17) is 4.74 Å². The third kappa shape index (κ3) is 2.36. The van der Waals surface area contributed by atoms with Crippen LogP contribution in [-0.4, -0.2) is 18.5 Å². The Morgan fingerprint density at radius 3 is 2.75 bits per heavy atom. The van der Waals surface area contributed by atoms with Crippen molar-refractivity contribution in [1.29, 1.82) is 0 Å². The SMILES string of the molecule is CC(=CC1=NC(C)CO1)C(C)C. The average molecular weight is 167 g/mol. The zero-order valence-electron chi connectivity index (χ0n) is 8.29. The predicted octanol–water partition coefficient (Wildman–Crippen LogP) is 2.41. The van der Waals surface area contributed by atoms with E-state index in [-0.39, 0.29) is 0 Å². The van der Waals surface area contributed by atoms with Gasteiger partial charge in [0, 0.05) is 0 Å². The molecule has 0 radical (unpaired) electrons. The smallest absolute Gasteiger partial charge is 0.208 e. The maximum atomic E-state index is 5.36. The summed E-state index contributed by atoms with van der Waals surface area (Å²) in [6.07, 6.45) is 2.04. The van der Waals surface area contributed by atoms with Gasteiger partial charge in [-0.3, -0.25) is 0 Å². The fraction of sp³-hybridized carbons (Fsp3) is 0.700.